The van der Waals surface area contributed by atoms with Crippen LogP contribution in [0.1, 0.15) is 47.6 Å². The highest BCUT2D eigenvalue weighted by molar-refractivity contribution is 6.30. The Labute approximate surface area is 251 Å². The van der Waals surface area contributed by atoms with Crippen LogP contribution in [0.15, 0.2) is 97.1 Å². The normalized spacial score (nSPS) is 18.6. The molecule has 0 aliphatic carbocycles. The minimum Gasteiger partial charge on any atom is -0.355 e. The van der Waals surface area contributed by atoms with Gasteiger partial charge in [-0.2, -0.15) is 0 Å². The Morgan fingerprint density at radius 1 is 0.857 bits per heavy atom. The van der Waals surface area contributed by atoms with E-state index >= 15 is 0 Å². The molecule has 4 aromatic carbocycles. The van der Waals surface area contributed by atoms with Gasteiger partial charge in [-0.05, 0) is 58.9 Å². The maximum Gasteiger partial charge on any atom is 0.257 e. The van der Waals surface area contributed by atoms with Gasteiger partial charge in [0.1, 0.15) is 12.2 Å². The molecule has 6 rings (SSSR count). The third-order valence-electron chi connectivity index (χ3n) is 8.11. The van der Waals surface area contributed by atoms with Crippen LogP contribution in [0.25, 0.3) is 11.1 Å². The van der Waals surface area contributed by atoms with E-state index in [-0.39, 0.29) is 18.2 Å². The zero-order valence-electron chi connectivity index (χ0n) is 23.4. The van der Waals surface area contributed by atoms with Crippen LogP contribution in [0.5, 0.6) is 0 Å². The molecule has 2 atom stereocenters. The second kappa shape index (κ2) is 12.5. The highest BCUT2D eigenvalue weighted by atomic mass is 35.5. The zero-order valence-corrected chi connectivity index (χ0v) is 24.2. The minimum absolute atomic E-state index is 0.0168. The van der Waals surface area contributed by atoms with Crippen molar-refractivity contribution in [3.8, 4) is 11.1 Å². The Kier molecular flexibility index (Phi) is 8.38. The van der Waals surface area contributed by atoms with E-state index < -0.39 is 12.2 Å². The summed E-state index contributed by atoms with van der Waals surface area (Å²) >= 11 is 6.53. The van der Waals surface area contributed by atoms with Crippen LogP contribution in [0.3, 0.4) is 0 Å². The van der Waals surface area contributed by atoms with Crippen molar-refractivity contribution in [1.82, 2.24) is 4.90 Å². The largest absolute Gasteiger partial charge is 0.355 e. The minimum atomic E-state index is -0.959. The number of fused-ring (bicyclic) bond motifs is 1. The number of ether oxygens (including phenoxy) is 1. The average Bonchev–Trinajstić information content (AvgIpc) is 3.55. The summed E-state index contributed by atoms with van der Waals surface area (Å²) < 4.78 is 6.63. The molecule has 2 unspecified atom stereocenters. The van der Waals surface area contributed by atoms with E-state index in [0.717, 1.165) is 65.0 Å². The van der Waals surface area contributed by atoms with Crippen LogP contribution >= 0.6 is 11.6 Å². The maximum absolute atomic E-state index is 14.3. The standard InChI is InChI=1S/C35H34ClN3O3/c36-29-15-16-31-30(20-29)34(28-10-6-7-25(19-28)22-37)42-32(21-33(40)38-17-4-5-18-38)35(41)39(31)23-24-11-13-27(14-12-24)26-8-2-1-3-9-26/h1-3,6-16,19-20,32,34H,4-5,17-18,21-23,37H2. The first-order valence-electron chi connectivity index (χ1n) is 14.5. The molecule has 7 heteroatoms. The Morgan fingerprint density at radius 2 is 1.60 bits per heavy atom. The Balaban J connectivity index is 1.39. The summed E-state index contributed by atoms with van der Waals surface area (Å²) in [5, 5.41) is 0.545. The molecule has 2 N–H and O–H groups in total. The molecule has 42 heavy (non-hydrogen) atoms. The number of hydrogen-bond donors (Lipinski definition) is 1. The van der Waals surface area contributed by atoms with Gasteiger partial charge in [0.05, 0.1) is 18.7 Å². The van der Waals surface area contributed by atoms with Gasteiger partial charge in [0.25, 0.3) is 5.91 Å². The summed E-state index contributed by atoms with van der Waals surface area (Å²) in [5.41, 5.74) is 12.5. The first-order chi connectivity index (χ1) is 20.5. The predicted octanol–water partition coefficient (Wildman–Crippen LogP) is 6.50. The van der Waals surface area contributed by atoms with E-state index in [4.69, 9.17) is 22.1 Å². The molecule has 2 heterocycles. The van der Waals surface area contributed by atoms with E-state index in [1.807, 2.05) is 71.6 Å². The van der Waals surface area contributed by atoms with Crippen molar-refractivity contribution in [3.63, 3.8) is 0 Å². The second-order valence-corrected chi connectivity index (χ2v) is 11.4. The topological polar surface area (TPSA) is 75.9 Å². The molecule has 1 saturated heterocycles. The number of rotatable bonds is 7. The van der Waals surface area contributed by atoms with E-state index in [9.17, 15) is 9.59 Å². The molecule has 0 spiro atoms. The molecule has 0 saturated carbocycles. The summed E-state index contributed by atoms with van der Waals surface area (Å²) in [6, 6.07) is 31.8. The van der Waals surface area contributed by atoms with Crippen molar-refractivity contribution in [1.29, 1.82) is 0 Å². The Morgan fingerprint density at radius 3 is 2.33 bits per heavy atom. The van der Waals surface area contributed by atoms with E-state index in [2.05, 4.69) is 24.3 Å². The van der Waals surface area contributed by atoms with Gasteiger partial charge in [0.2, 0.25) is 5.91 Å². The molecular formula is C35H34ClN3O3. The molecule has 0 aromatic heterocycles. The number of anilines is 1. The lowest BCUT2D eigenvalue weighted by molar-refractivity contribution is -0.142. The number of carbonyl (C=O) groups excluding carboxylic acids is 2. The van der Waals surface area contributed by atoms with Gasteiger partial charge in [0.15, 0.2) is 0 Å². The van der Waals surface area contributed by atoms with E-state index in [0.29, 0.717) is 18.1 Å². The van der Waals surface area contributed by atoms with E-state index in [1.54, 1.807) is 11.0 Å². The molecule has 2 amide bonds. The Hall–Kier alpha value is -3.97. The smallest absolute Gasteiger partial charge is 0.257 e. The number of nitrogens with two attached hydrogens (primary N) is 1. The molecule has 0 radical (unpaired) electrons. The number of likely N-dealkylation sites (tertiary alicyclic amines) is 1. The first kappa shape index (κ1) is 28.2. The van der Waals surface area contributed by atoms with Crippen molar-refractivity contribution in [2.24, 2.45) is 5.73 Å². The summed E-state index contributed by atoms with van der Waals surface area (Å²) in [6.07, 6.45) is 0.385. The van der Waals surface area contributed by atoms with E-state index in [1.165, 1.54) is 0 Å². The second-order valence-electron chi connectivity index (χ2n) is 10.9. The first-order valence-corrected chi connectivity index (χ1v) is 14.9. The van der Waals surface area contributed by atoms with Gasteiger partial charge in [-0.1, -0.05) is 90.5 Å². The lowest BCUT2D eigenvalue weighted by atomic mass is 9.97. The summed E-state index contributed by atoms with van der Waals surface area (Å²) in [6.45, 7) is 2.14. The Bertz CT molecular complexity index is 1570. The van der Waals surface area contributed by atoms with Gasteiger partial charge >= 0.3 is 0 Å². The van der Waals surface area contributed by atoms with Crippen molar-refractivity contribution >= 4 is 29.1 Å². The quantitative estimate of drug-likeness (QED) is 0.271. The molecule has 4 aromatic rings. The predicted molar refractivity (Wildman–Crippen MR) is 166 cm³/mol. The van der Waals surface area contributed by atoms with Crippen LogP contribution in [0, 0.1) is 0 Å². The highest BCUT2D eigenvalue weighted by Gasteiger charge is 2.38. The van der Waals surface area contributed by atoms with Gasteiger partial charge in [-0.25, -0.2) is 0 Å². The number of carbonyl (C=O) groups is 2. The summed E-state index contributed by atoms with van der Waals surface area (Å²) in [4.78, 5) is 31.2. The van der Waals surface area contributed by atoms with Crippen LogP contribution in [0.4, 0.5) is 5.69 Å². The fraction of sp³-hybridized carbons (Fsp3) is 0.257. The third-order valence-corrected chi connectivity index (χ3v) is 8.35. The lowest BCUT2D eigenvalue weighted by Crippen LogP contribution is -2.42. The van der Waals surface area contributed by atoms with Crippen LogP contribution in [-0.4, -0.2) is 35.9 Å². The molecule has 2 aliphatic heterocycles. The third kappa shape index (κ3) is 5.97. The highest BCUT2D eigenvalue weighted by Crippen LogP contribution is 2.41. The van der Waals surface area contributed by atoms with Crippen LogP contribution in [-0.2, 0) is 27.4 Å². The van der Waals surface area contributed by atoms with Gasteiger partial charge in [0, 0.05) is 30.2 Å². The van der Waals surface area contributed by atoms with Crippen LogP contribution < -0.4 is 10.6 Å². The van der Waals surface area contributed by atoms with Gasteiger partial charge in [-0.3, -0.25) is 9.59 Å². The average molecular weight is 580 g/mol. The SMILES string of the molecule is NCc1cccc(C2OC(CC(=O)N3CCCC3)C(=O)N(Cc3ccc(-c4ccccc4)cc3)c3ccc(Cl)cc32)c1. The van der Waals surface area contributed by atoms with Crippen molar-refractivity contribution in [3.05, 3.63) is 124 Å². The summed E-state index contributed by atoms with van der Waals surface area (Å²) in [7, 11) is 0. The van der Waals surface area contributed by atoms with Crippen molar-refractivity contribution in [2.45, 2.75) is 44.6 Å². The molecule has 2 aliphatic rings. The number of hydrogen-bond acceptors (Lipinski definition) is 4. The molecule has 0 bridgehead atoms. The molecular weight excluding hydrogens is 546 g/mol. The van der Waals surface area contributed by atoms with Crippen molar-refractivity contribution < 1.29 is 14.3 Å². The number of benzene rings is 4. The monoisotopic (exact) mass is 579 g/mol. The van der Waals surface area contributed by atoms with Gasteiger partial charge < -0.3 is 20.3 Å². The number of nitrogens with zero attached hydrogens (tertiary/aromatic N) is 2. The maximum atomic E-state index is 14.3. The number of halogens is 1. The lowest BCUT2D eigenvalue weighted by Gasteiger charge is -2.26. The fourth-order valence-electron chi connectivity index (χ4n) is 5.88. The fourth-order valence-corrected chi connectivity index (χ4v) is 6.06. The van der Waals surface area contributed by atoms with Gasteiger partial charge in [-0.15, -0.1) is 0 Å². The molecule has 214 valence electrons. The van der Waals surface area contributed by atoms with Crippen molar-refractivity contribution in [2.75, 3.05) is 18.0 Å². The summed E-state index contributed by atoms with van der Waals surface area (Å²) in [5.74, 6) is -0.299. The molecule has 6 nitrogen and oxygen atoms in total. The zero-order chi connectivity index (χ0) is 29.1. The van der Waals surface area contributed by atoms with Crippen LogP contribution in [0.2, 0.25) is 5.02 Å². The molecule has 1 fully saturated rings. The number of amides is 2.